The molecular weight excluding hydrogens is 384 g/mol. The summed E-state index contributed by atoms with van der Waals surface area (Å²) in [5.74, 6) is -0.329. The molecule has 3 aromatic carbocycles. The molecule has 29 heavy (non-hydrogen) atoms. The molecule has 6 heteroatoms. The molecule has 0 saturated carbocycles. The van der Waals surface area contributed by atoms with Crippen molar-refractivity contribution in [3.63, 3.8) is 0 Å². The molecule has 0 aliphatic heterocycles. The van der Waals surface area contributed by atoms with Crippen LogP contribution in [0.25, 0.3) is 10.8 Å². The van der Waals surface area contributed by atoms with Gasteiger partial charge in [-0.2, -0.15) is 4.31 Å². The molecule has 152 valence electrons. The second-order valence-corrected chi connectivity index (χ2v) is 9.25. The third-order valence-electron chi connectivity index (χ3n) is 5.02. The highest BCUT2D eigenvalue weighted by Crippen LogP contribution is 2.22. The Morgan fingerprint density at radius 1 is 1.00 bits per heavy atom. The monoisotopic (exact) mass is 410 g/mol. The molecule has 0 radical (unpaired) electrons. The summed E-state index contributed by atoms with van der Waals surface area (Å²) in [6, 6.07) is 20.4. The van der Waals surface area contributed by atoms with Crippen LogP contribution in [0.15, 0.2) is 71.6 Å². The number of amides is 1. The summed E-state index contributed by atoms with van der Waals surface area (Å²) in [5, 5.41) is 4.75. The number of aryl methyl sites for hydroxylation is 1. The van der Waals surface area contributed by atoms with E-state index in [2.05, 4.69) is 5.32 Å². The summed E-state index contributed by atoms with van der Waals surface area (Å²) < 4.78 is 26.9. The first kappa shape index (κ1) is 21.0. The molecule has 3 aromatic rings. The number of nitrogens with zero attached hydrogens (tertiary/aromatic N) is 1. The van der Waals surface area contributed by atoms with E-state index in [0.717, 1.165) is 32.6 Å². The topological polar surface area (TPSA) is 66.5 Å². The van der Waals surface area contributed by atoms with Gasteiger partial charge in [-0.1, -0.05) is 67.1 Å². The molecule has 3 rings (SSSR count). The molecule has 1 amide bonds. The van der Waals surface area contributed by atoms with Crippen LogP contribution >= 0.6 is 0 Å². The number of fused-ring (bicyclic) bond motifs is 1. The van der Waals surface area contributed by atoms with E-state index in [4.69, 9.17) is 0 Å². The second-order valence-electron chi connectivity index (χ2n) is 7.21. The quantitative estimate of drug-likeness (QED) is 0.639. The Kier molecular flexibility index (Phi) is 6.35. The Bertz CT molecular complexity index is 1110. The molecule has 1 atom stereocenters. The highest BCUT2D eigenvalue weighted by atomic mass is 32.2. The van der Waals surface area contributed by atoms with E-state index in [0.29, 0.717) is 0 Å². The van der Waals surface area contributed by atoms with Crippen molar-refractivity contribution in [2.45, 2.75) is 31.2 Å². The number of carbonyl (C=O) groups is 1. The first-order valence-electron chi connectivity index (χ1n) is 9.62. The van der Waals surface area contributed by atoms with Gasteiger partial charge in [0.15, 0.2) is 0 Å². The van der Waals surface area contributed by atoms with Gasteiger partial charge in [0.25, 0.3) is 0 Å². The zero-order valence-corrected chi connectivity index (χ0v) is 17.7. The van der Waals surface area contributed by atoms with Gasteiger partial charge in [-0.3, -0.25) is 4.79 Å². The molecule has 5 nitrogen and oxygen atoms in total. The third-order valence-corrected chi connectivity index (χ3v) is 6.82. The van der Waals surface area contributed by atoms with E-state index in [1.807, 2.05) is 62.4 Å². The Labute approximate surface area is 172 Å². The van der Waals surface area contributed by atoms with Gasteiger partial charge in [0.2, 0.25) is 15.9 Å². The predicted molar refractivity (Wildman–Crippen MR) is 116 cm³/mol. The fourth-order valence-electron chi connectivity index (χ4n) is 3.25. The normalized spacial score (nSPS) is 12.8. The van der Waals surface area contributed by atoms with E-state index in [1.54, 1.807) is 18.2 Å². The van der Waals surface area contributed by atoms with Crippen LogP contribution in [0.4, 0.5) is 0 Å². The van der Waals surface area contributed by atoms with Crippen molar-refractivity contribution < 1.29 is 13.2 Å². The fourth-order valence-corrected chi connectivity index (χ4v) is 4.42. The van der Waals surface area contributed by atoms with E-state index >= 15 is 0 Å². The lowest BCUT2D eigenvalue weighted by Crippen LogP contribution is -2.39. The van der Waals surface area contributed by atoms with Crippen LogP contribution in [0.3, 0.4) is 0 Å². The van der Waals surface area contributed by atoms with Gasteiger partial charge in [-0.05, 0) is 41.8 Å². The maximum absolute atomic E-state index is 12.9. The van der Waals surface area contributed by atoms with Gasteiger partial charge in [-0.15, -0.1) is 0 Å². The zero-order valence-electron chi connectivity index (χ0n) is 16.9. The van der Waals surface area contributed by atoms with Gasteiger partial charge in [-0.25, -0.2) is 8.42 Å². The van der Waals surface area contributed by atoms with Crippen LogP contribution in [0.2, 0.25) is 0 Å². The largest absolute Gasteiger partial charge is 0.348 e. The van der Waals surface area contributed by atoms with Gasteiger partial charge < -0.3 is 5.32 Å². The molecule has 1 N–H and O–H groups in total. The van der Waals surface area contributed by atoms with Crippen LogP contribution in [0, 0.1) is 6.92 Å². The SMILES string of the molecule is CC[C@@H](NC(=O)CN(C)S(=O)(=O)c1ccc2ccccc2c1)c1ccc(C)cc1. The highest BCUT2D eigenvalue weighted by Gasteiger charge is 2.24. The number of hydrogen-bond acceptors (Lipinski definition) is 3. The smallest absolute Gasteiger partial charge is 0.243 e. The van der Waals surface area contributed by atoms with Crippen molar-refractivity contribution in [1.82, 2.24) is 9.62 Å². The van der Waals surface area contributed by atoms with E-state index < -0.39 is 10.0 Å². The lowest BCUT2D eigenvalue weighted by atomic mass is 10.0. The zero-order chi connectivity index (χ0) is 21.0. The summed E-state index contributed by atoms with van der Waals surface area (Å²) >= 11 is 0. The molecule has 0 unspecified atom stereocenters. The van der Waals surface area contributed by atoms with Gasteiger partial charge in [0.05, 0.1) is 17.5 Å². The average Bonchev–Trinajstić information content (AvgIpc) is 2.72. The number of likely N-dealkylation sites (N-methyl/N-ethyl adjacent to an activating group) is 1. The maximum Gasteiger partial charge on any atom is 0.243 e. The van der Waals surface area contributed by atoms with E-state index in [-0.39, 0.29) is 23.4 Å². The van der Waals surface area contributed by atoms with Gasteiger partial charge in [0.1, 0.15) is 0 Å². The van der Waals surface area contributed by atoms with Crippen molar-refractivity contribution in [1.29, 1.82) is 0 Å². The molecule has 0 aromatic heterocycles. The summed E-state index contributed by atoms with van der Waals surface area (Å²) in [7, 11) is -2.34. The summed E-state index contributed by atoms with van der Waals surface area (Å²) in [6.45, 7) is 3.76. The molecule has 0 fully saturated rings. The van der Waals surface area contributed by atoms with Crippen LogP contribution in [0.5, 0.6) is 0 Å². The summed E-state index contributed by atoms with van der Waals surface area (Å²) in [6.07, 6.45) is 0.718. The summed E-state index contributed by atoms with van der Waals surface area (Å²) in [4.78, 5) is 12.7. The standard InChI is InChI=1S/C23H26N2O3S/c1-4-22(19-11-9-17(2)10-12-19)24-23(26)16-25(3)29(27,28)21-14-13-18-7-5-6-8-20(18)15-21/h5-15,22H,4,16H2,1-3H3,(H,24,26)/t22-/m1/s1. The molecule has 0 saturated heterocycles. The minimum Gasteiger partial charge on any atom is -0.348 e. The van der Waals surface area contributed by atoms with Crippen LogP contribution in [-0.4, -0.2) is 32.2 Å². The first-order valence-corrected chi connectivity index (χ1v) is 11.1. The fraction of sp³-hybridized carbons (Fsp3) is 0.261. The van der Waals surface area contributed by atoms with Crippen molar-refractivity contribution in [2.75, 3.05) is 13.6 Å². The molecule has 0 heterocycles. The number of nitrogens with one attached hydrogen (secondary N) is 1. The molecule has 0 bridgehead atoms. The van der Waals surface area contributed by atoms with Crippen molar-refractivity contribution in [2.24, 2.45) is 0 Å². The Morgan fingerprint density at radius 2 is 1.66 bits per heavy atom. The molecule has 0 aliphatic rings. The van der Waals surface area contributed by atoms with Crippen molar-refractivity contribution in [3.8, 4) is 0 Å². The number of rotatable bonds is 7. The number of benzene rings is 3. The average molecular weight is 411 g/mol. The van der Waals surface area contributed by atoms with Crippen molar-refractivity contribution in [3.05, 3.63) is 77.9 Å². The van der Waals surface area contributed by atoms with Crippen LogP contribution in [0.1, 0.15) is 30.5 Å². The van der Waals surface area contributed by atoms with Crippen LogP contribution in [-0.2, 0) is 14.8 Å². The Hall–Kier alpha value is -2.70. The molecular formula is C23H26N2O3S. The number of sulfonamides is 1. The lowest BCUT2D eigenvalue weighted by molar-refractivity contribution is -0.121. The minimum atomic E-state index is -3.77. The third kappa shape index (κ3) is 4.83. The molecule has 0 spiro atoms. The predicted octanol–water partition coefficient (Wildman–Crippen LogP) is 4.04. The van der Waals surface area contributed by atoms with Gasteiger partial charge >= 0.3 is 0 Å². The lowest BCUT2D eigenvalue weighted by Gasteiger charge is -2.21. The van der Waals surface area contributed by atoms with E-state index in [1.165, 1.54) is 7.05 Å². The Morgan fingerprint density at radius 3 is 2.31 bits per heavy atom. The van der Waals surface area contributed by atoms with Gasteiger partial charge in [0, 0.05) is 7.05 Å². The number of hydrogen-bond donors (Lipinski definition) is 1. The molecule has 0 aliphatic carbocycles. The first-order chi connectivity index (χ1) is 13.8. The van der Waals surface area contributed by atoms with Crippen molar-refractivity contribution >= 4 is 26.7 Å². The maximum atomic E-state index is 12.9. The number of carbonyl (C=O) groups excluding carboxylic acids is 1. The minimum absolute atomic E-state index is 0.153. The van der Waals surface area contributed by atoms with Crippen LogP contribution < -0.4 is 5.32 Å². The second kappa shape index (κ2) is 8.76. The summed E-state index contributed by atoms with van der Waals surface area (Å²) in [5.41, 5.74) is 2.16. The Balaban J connectivity index is 1.72. The highest BCUT2D eigenvalue weighted by molar-refractivity contribution is 7.89. The van der Waals surface area contributed by atoms with E-state index in [9.17, 15) is 13.2 Å².